The minimum absolute atomic E-state index is 0.281. The molecule has 1 aromatic carbocycles. The van der Waals surface area contributed by atoms with Gasteiger partial charge in [-0.05, 0) is 35.7 Å². The number of fused-ring (bicyclic) bond motifs is 1. The van der Waals surface area contributed by atoms with E-state index in [1.165, 1.54) is 0 Å². The molecule has 3 rings (SSSR count). The lowest BCUT2D eigenvalue weighted by Gasteiger charge is -2.05. The van der Waals surface area contributed by atoms with Gasteiger partial charge in [-0.3, -0.25) is 0 Å². The summed E-state index contributed by atoms with van der Waals surface area (Å²) < 4.78 is 0. The molecule has 0 bridgehead atoms. The van der Waals surface area contributed by atoms with Crippen LogP contribution in [0.3, 0.4) is 0 Å². The average Bonchev–Trinajstić information content (AvgIpc) is 2.94. The predicted octanol–water partition coefficient (Wildman–Crippen LogP) is 3.73. The van der Waals surface area contributed by atoms with Crippen LogP contribution in [0.15, 0.2) is 40.6 Å². The second-order valence-corrected chi connectivity index (χ2v) is 6.10. The fourth-order valence-electron chi connectivity index (χ4n) is 1.84. The van der Waals surface area contributed by atoms with Crippen LogP contribution >= 0.6 is 23.1 Å². The van der Waals surface area contributed by atoms with E-state index in [9.17, 15) is 5.11 Å². The van der Waals surface area contributed by atoms with Gasteiger partial charge in [-0.15, -0.1) is 23.1 Å². The second-order valence-electron chi connectivity index (χ2n) is 4.16. The van der Waals surface area contributed by atoms with Crippen molar-refractivity contribution in [2.75, 3.05) is 12.4 Å². The van der Waals surface area contributed by atoms with Gasteiger partial charge in [-0.2, -0.15) is 0 Å². The van der Waals surface area contributed by atoms with Gasteiger partial charge in [-0.25, -0.2) is 9.97 Å². The second kappa shape index (κ2) is 5.68. The van der Waals surface area contributed by atoms with Crippen LogP contribution in [0.2, 0.25) is 0 Å². The molecular formula is C14H13N3OS2. The van der Waals surface area contributed by atoms with Crippen molar-refractivity contribution in [2.45, 2.75) is 10.6 Å². The van der Waals surface area contributed by atoms with E-state index in [2.05, 4.69) is 15.3 Å². The van der Waals surface area contributed by atoms with Gasteiger partial charge in [0.15, 0.2) is 0 Å². The molecule has 0 fully saturated rings. The molecule has 0 unspecified atom stereocenters. The van der Waals surface area contributed by atoms with Crippen molar-refractivity contribution in [3.8, 4) is 5.75 Å². The first kappa shape index (κ1) is 13.2. The third-order valence-electron chi connectivity index (χ3n) is 2.81. The number of phenols is 1. The first-order chi connectivity index (χ1) is 9.76. The smallest absolute Gasteiger partial charge is 0.142 e. The highest BCUT2D eigenvalue weighted by molar-refractivity contribution is 7.98. The van der Waals surface area contributed by atoms with Crippen LogP contribution in [0, 0.1) is 0 Å². The van der Waals surface area contributed by atoms with E-state index in [1.807, 2.05) is 30.6 Å². The monoisotopic (exact) mass is 303 g/mol. The van der Waals surface area contributed by atoms with Gasteiger partial charge in [0.05, 0.1) is 11.1 Å². The molecule has 4 nitrogen and oxygen atoms in total. The van der Waals surface area contributed by atoms with Crippen molar-refractivity contribution in [3.05, 3.63) is 41.5 Å². The van der Waals surface area contributed by atoms with Gasteiger partial charge in [0.1, 0.15) is 22.2 Å². The van der Waals surface area contributed by atoms with Crippen LogP contribution < -0.4 is 5.32 Å². The van der Waals surface area contributed by atoms with E-state index in [4.69, 9.17) is 0 Å². The summed E-state index contributed by atoms with van der Waals surface area (Å²) in [5.74, 6) is 2.66. The van der Waals surface area contributed by atoms with Crippen LogP contribution in [0.1, 0.15) is 5.82 Å². The van der Waals surface area contributed by atoms with Crippen LogP contribution in [0.5, 0.6) is 5.75 Å². The van der Waals surface area contributed by atoms with Gasteiger partial charge in [-0.1, -0.05) is 0 Å². The Bertz CT molecular complexity index is 725. The largest absolute Gasteiger partial charge is 0.508 e. The standard InChI is InChI=1S/C14H13N3OS2/c1-15-13-11-6-7-19-14(11)17-12(16-13)8-20-10-4-2-9(18)3-5-10/h2-7,18H,8H2,1H3,(H,15,16,17). The van der Waals surface area contributed by atoms with E-state index >= 15 is 0 Å². The molecule has 0 amide bonds. The number of thioether (sulfide) groups is 1. The fraction of sp³-hybridized carbons (Fsp3) is 0.143. The fourth-order valence-corrected chi connectivity index (χ4v) is 3.38. The number of anilines is 1. The Labute approximate surface area is 124 Å². The first-order valence-corrected chi connectivity index (χ1v) is 7.96. The molecule has 0 saturated heterocycles. The van der Waals surface area contributed by atoms with Crippen LogP contribution in [0.25, 0.3) is 10.2 Å². The zero-order valence-electron chi connectivity index (χ0n) is 10.8. The molecule has 2 aromatic heterocycles. The lowest BCUT2D eigenvalue weighted by Crippen LogP contribution is -1.99. The van der Waals surface area contributed by atoms with Crippen molar-refractivity contribution >= 4 is 39.1 Å². The Morgan fingerprint density at radius 2 is 2.00 bits per heavy atom. The van der Waals surface area contributed by atoms with Gasteiger partial charge in [0.25, 0.3) is 0 Å². The quantitative estimate of drug-likeness (QED) is 0.719. The molecule has 0 atom stereocenters. The number of benzene rings is 1. The molecule has 0 aliphatic heterocycles. The highest BCUT2D eigenvalue weighted by Gasteiger charge is 2.08. The summed E-state index contributed by atoms with van der Waals surface area (Å²) in [5, 5.41) is 15.5. The number of rotatable bonds is 4. The van der Waals surface area contributed by atoms with Gasteiger partial charge in [0.2, 0.25) is 0 Å². The van der Waals surface area contributed by atoms with Crippen molar-refractivity contribution < 1.29 is 5.11 Å². The maximum Gasteiger partial charge on any atom is 0.142 e. The van der Waals surface area contributed by atoms with Crippen molar-refractivity contribution in [2.24, 2.45) is 0 Å². The van der Waals surface area contributed by atoms with E-state index in [-0.39, 0.29) is 5.75 Å². The minimum atomic E-state index is 0.281. The van der Waals surface area contributed by atoms with Crippen molar-refractivity contribution in [3.63, 3.8) is 0 Å². The van der Waals surface area contributed by atoms with Crippen molar-refractivity contribution in [1.29, 1.82) is 0 Å². The normalized spacial score (nSPS) is 10.8. The molecule has 2 N–H and O–H groups in total. The zero-order valence-corrected chi connectivity index (χ0v) is 12.5. The SMILES string of the molecule is CNc1nc(CSc2ccc(O)cc2)nc2sccc12. The molecule has 2 heterocycles. The Kier molecular flexibility index (Phi) is 3.75. The third-order valence-corrected chi connectivity index (χ3v) is 4.63. The summed E-state index contributed by atoms with van der Waals surface area (Å²) in [6.45, 7) is 0. The van der Waals surface area contributed by atoms with E-state index in [0.29, 0.717) is 5.75 Å². The predicted molar refractivity (Wildman–Crippen MR) is 84.6 cm³/mol. The summed E-state index contributed by atoms with van der Waals surface area (Å²) in [4.78, 5) is 11.2. The molecule has 6 heteroatoms. The Morgan fingerprint density at radius 1 is 1.20 bits per heavy atom. The maximum absolute atomic E-state index is 9.26. The lowest BCUT2D eigenvalue weighted by atomic mass is 10.3. The average molecular weight is 303 g/mol. The number of nitrogens with zero attached hydrogens (tertiary/aromatic N) is 2. The molecule has 3 aromatic rings. The summed E-state index contributed by atoms with van der Waals surface area (Å²) in [7, 11) is 1.87. The number of aromatic nitrogens is 2. The number of nitrogens with one attached hydrogen (secondary N) is 1. The summed E-state index contributed by atoms with van der Waals surface area (Å²) in [5.41, 5.74) is 0. The van der Waals surface area contributed by atoms with Gasteiger partial charge in [0, 0.05) is 11.9 Å². The molecule has 102 valence electrons. The van der Waals surface area contributed by atoms with Crippen LogP contribution in [-0.4, -0.2) is 22.1 Å². The third kappa shape index (κ3) is 2.71. The Morgan fingerprint density at radius 3 is 2.75 bits per heavy atom. The van der Waals surface area contributed by atoms with Crippen LogP contribution in [-0.2, 0) is 5.75 Å². The summed E-state index contributed by atoms with van der Waals surface area (Å²) in [6, 6.07) is 9.18. The summed E-state index contributed by atoms with van der Waals surface area (Å²) >= 11 is 3.27. The molecule has 0 saturated carbocycles. The van der Waals surface area contributed by atoms with E-state index < -0.39 is 0 Å². The van der Waals surface area contributed by atoms with E-state index in [0.717, 1.165) is 26.8 Å². The maximum atomic E-state index is 9.26. The molecule has 0 aliphatic rings. The molecule has 20 heavy (non-hydrogen) atoms. The highest BCUT2D eigenvalue weighted by Crippen LogP contribution is 2.28. The number of aromatic hydroxyl groups is 1. The highest BCUT2D eigenvalue weighted by atomic mass is 32.2. The molecular weight excluding hydrogens is 290 g/mol. The van der Waals surface area contributed by atoms with E-state index in [1.54, 1.807) is 35.2 Å². The van der Waals surface area contributed by atoms with Crippen LogP contribution in [0.4, 0.5) is 5.82 Å². The molecule has 0 aliphatic carbocycles. The topological polar surface area (TPSA) is 58.0 Å². The van der Waals surface area contributed by atoms with Crippen molar-refractivity contribution in [1.82, 2.24) is 9.97 Å². The summed E-state index contributed by atoms with van der Waals surface area (Å²) in [6.07, 6.45) is 0. The van der Waals surface area contributed by atoms with Gasteiger partial charge >= 0.3 is 0 Å². The number of hydrogen-bond donors (Lipinski definition) is 2. The Balaban J connectivity index is 1.81. The zero-order chi connectivity index (χ0) is 13.9. The number of thiophene rings is 1. The first-order valence-electron chi connectivity index (χ1n) is 6.10. The molecule has 0 spiro atoms. The Hall–Kier alpha value is -1.79. The lowest BCUT2D eigenvalue weighted by molar-refractivity contribution is 0.475. The number of phenolic OH excluding ortho intramolecular Hbond substituents is 1. The number of hydrogen-bond acceptors (Lipinski definition) is 6. The van der Waals surface area contributed by atoms with Gasteiger partial charge < -0.3 is 10.4 Å². The molecule has 0 radical (unpaired) electrons. The minimum Gasteiger partial charge on any atom is -0.508 e.